The second-order valence-electron chi connectivity index (χ2n) is 7.56. The van der Waals surface area contributed by atoms with Crippen LogP contribution in [-0.2, 0) is 16.1 Å². The number of nitriles is 1. The third kappa shape index (κ3) is 5.45. The monoisotopic (exact) mass is 389 g/mol. The van der Waals surface area contributed by atoms with Gasteiger partial charge in [0.15, 0.2) is 0 Å². The zero-order valence-corrected chi connectivity index (χ0v) is 16.8. The maximum absolute atomic E-state index is 13.0. The smallest absolute Gasteiger partial charge is 0.227 e. The molecule has 1 N–H and O–H groups in total. The molecule has 0 aliphatic heterocycles. The molecule has 0 bridgehead atoms. The topological polar surface area (TPSA) is 73.2 Å². The lowest BCUT2D eigenvalue weighted by molar-refractivity contribution is -0.138. The predicted molar refractivity (Wildman–Crippen MR) is 113 cm³/mol. The second kappa shape index (κ2) is 9.88. The number of nitrogens with one attached hydrogen (secondary N) is 1. The highest BCUT2D eigenvalue weighted by atomic mass is 16.2. The molecular formula is C24H27N3O2. The standard InChI is InChI=1S/C24H27N3O2/c1-2-27(17-19-6-4-3-5-7-19)24(29)21-12-10-20(11-13-21)23(28)26-22-14-8-18(16-25)9-15-22/h3-9,14-15,20-21H,2,10-13,17H2,1H3,(H,26,28). The molecular weight excluding hydrogens is 362 g/mol. The van der Waals surface area contributed by atoms with Crippen LogP contribution in [0.15, 0.2) is 54.6 Å². The van der Waals surface area contributed by atoms with Crippen molar-refractivity contribution in [3.05, 3.63) is 65.7 Å². The van der Waals surface area contributed by atoms with Crippen LogP contribution in [0.3, 0.4) is 0 Å². The summed E-state index contributed by atoms with van der Waals surface area (Å²) in [5, 5.41) is 11.8. The molecule has 1 aliphatic carbocycles. The first-order chi connectivity index (χ1) is 14.1. The van der Waals surface area contributed by atoms with E-state index in [0.717, 1.165) is 31.2 Å². The summed E-state index contributed by atoms with van der Waals surface area (Å²) in [5.41, 5.74) is 2.41. The molecule has 0 atom stereocenters. The highest BCUT2D eigenvalue weighted by Crippen LogP contribution is 2.31. The van der Waals surface area contributed by atoms with Crippen molar-refractivity contribution >= 4 is 17.5 Å². The van der Waals surface area contributed by atoms with Gasteiger partial charge in [0.2, 0.25) is 11.8 Å². The molecule has 0 aromatic heterocycles. The van der Waals surface area contributed by atoms with E-state index >= 15 is 0 Å². The Hall–Kier alpha value is -3.13. The summed E-state index contributed by atoms with van der Waals surface area (Å²) >= 11 is 0. The van der Waals surface area contributed by atoms with E-state index in [1.165, 1.54) is 0 Å². The van der Waals surface area contributed by atoms with Crippen molar-refractivity contribution < 1.29 is 9.59 Å². The van der Waals surface area contributed by atoms with E-state index in [4.69, 9.17) is 5.26 Å². The molecule has 1 saturated carbocycles. The number of nitrogens with zero attached hydrogens (tertiary/aromatic N) is 2. The van der Waals surface area contributed by atoms with E-state index in [9.17, 15) is 9.59 Å². The molecule has 0 radical (unpaired) electrons. The Kier molecular flexibility index (Phi) is 7.02. The zero-order valence-electron chi connectivity index (χ0n) is 16.8. The minimum Gasteiger partial charge on any atom is -0.338 e. The van der Waals surface area contributed by atoms with Gasteiger partial charge in [0.05, 0.1) is 11.6 Å². The number of rotatable bonds is 6. The van der Waals surface area contributed by atoms with Crippen molar-refractivity contribution in [2.45, 2.75) is 39.2 Å². The van der Waals surface area contributed by atoms with Gasteiger partial charge < -0.3 is 10.2 Å². The van der Waals surface area contributed by atoms with Crippen LogP contribution < -0.4 is 5.32 Å². The number of hydrogen-bond donors (Lipinski definition) is 1. The molecule has 3 rings (SSSR count). The van der Waals surface area contributed by atoms with Crippen molar-refractivity contribution in [1.29, 1.82) is 5.26 Å². The fourth-order valence-electron chi connectivity index (χ4n) is 3.88. The Morgan fingerprint density at radius 3 is 2.21 bits per heavy atom. The number of carbonyl (C=O) groups excluding carboxylic acids is 2. The summed E-state index contributed by atoms with van der Waals surface area (Å²) in [6.45, 7) is 3.33. The van der Waals surface area contributed by atoms with Crippen molar-refractivity contribution in [2.24, 2.45) is 11.8 Å². The molecule has 1 fully saturated rings. The summed E-state index contributed by atoms with van der Waals surface area (Å²) in [6.07, 6.45) is 2.94. The molecule has 0 unspecified atom stereocenters. The van der Waals surface area contributed by atoms with Crippen LogP contribution in [0.5, 0.6) is 0 Å². The van der Waals surface area contributed by atoms with Crippen LogP contribution in [0.1, 0.15) is 43.7 Å². The third-order valence-corrected chi connectivity index (χ3v) is 5.64. The molecule has 2 aromatic carbocycles. The van der Waals surface area contributed by atoms with E-state index in [2.05, 4.69) is 11.4 Å². The number of amides is 2. The van der Waals surface area contributed by atoms with E-state index < -0.39 is 0 Å². The molecule has 29 heavy (non-hydrogen) atoms. The summed E-state index contributed by atoms with van der Waals surface area (Å²) in [6, 6.07) is 19.0. The molecule has 0 spiro atoms. The summed E-state index contributed by atoms with van der Waals surface area (Å²) < 4.78 is 0. The van der Waals surface area contributed by atoms with E-state index in [-0.39, 0.29) is 23.7 Å². The van der Waals surface area contributed by atoms with Crippen LogP contribution in [-0.4, -0.2) is 23.3 Å². The Morgan fingerprint density at radius 1 is 1.00 bits per heavy atom. The third-order valence-electron chi connectivity index (χ3n) is 5.64. The maximum Gasteiger partial charge on any atom is 0.227 e. The van der Waals surface area contributed by atoms with Gasteiger partial charge in [0, 0.05) is 30.6 Å². The highest BCUT2D eigenvalue weighted by Gasteiger charge is 2.31. The molecule has 2 aromatic rings. The lowest BCUT2D eigenvalue weighted by atomic mass is 9.80. The van der Waals surface area contributed by atoms with Crippen molar-refractivity contribution in [2.75, 3.05) is 11.9 Å². The largest absolute Gasteiger partial charge is 0.338 e. The normalized spacial score (nSPS) is 18.5. The fourth-order valence-corrected chi connectivity index (χ4v) is 3.88. The van der Waals surface area contributed by atoms with Gasteiger partial charge in [-0.15, -0.1) is 0 Å². The minimum atomic E-state index is -0.0705. The summed E-state index contributed by atoms with van der Waals surface area (Å²) in [4.78, 5) is 27.4. The minimum absolute atomic E-state index is 0.00220. The van der Waals surface area contributed by atoms with Gasteiger partial charge >= 0.3 is 0 Å². The van der Waals surface area contributed by atoms with E-state index in [0.29, 0.717) is 24.3 Å². The number of carbonyl (C=O) groups is 2. The van der Waals surface area contributed by atoms with Gasteiger partial charge in [-0.2, -0.15) is 5.26 Å². The quantitative estimate of drug-likeness (QED) is 0.798. The SMILES string of the molecule is CCN(Cc1ccccc1)C(=O)C1CCC(C(=O)Nc2ccc(C#N)cc2)CC1. The highest BCUT2D eigenvalue weighted by molar-refractivity contribution is 5.92. The van der Waals surface area contributed by atoms with Crippen molar-refractivity contribution in [3.63, 3.8) is 0 Å². The maximum atomic E-state index is 13.0. The Morgan fingerprint density at radius 2 is 1.62 bits per heavy atom. The number of anilines is 1. The lowest BCUT2D eigenvalue weighted by Crippen LogP contribution is -2.38. The fraction of sp³-hybridized carbons (Fsp3) is 0.375. The average molecular weight is 389 g/mol. The van der Waals surface area contributed by atoms with Gasteiger partial charge in [0.25, 0.3) is 0 Å². The van der Waals surface area contributed by atoms with Crippen LogP contribution in [0.2, 0.25) is 0 Å². The number of hydrogen-bond acceptors (Lipinski definition) is 3. The van der Waals surface area contributed by atoms with Gasteiger partial charge in [-0.3, -0.25) is 9.59 Å². The van der Waals surface area contributed by atoms with Gasteiger partial charge in [-0.25, -0.2) is 0 Å². The Bertz CT molecular complexity index is 863. The van der Waals surface area contributed by atoms with Crippen molar-refractivity contribution in [3.8, 4) is 6.07 Å². The van der Waals surface area contributed by atoms with Gasteiger partial charge in [-0.1, -0.05) is 30.3 Å². The van der Waals surface area contributed by atoms with Crippen LogP contribution >= 0.6 is 0 Å². The first kappa shape index (κ1) is 20.6. The van der Waals surface area contributed by atoms with Crippen LogP contribution in [0.25, 0.3) is 0 Å². The molecule has 2 amide bonds. The second-order valence-corrected chi connectivity index (χ2v) is 7.56. The predicted octanol–water partition coefficient (Wildman–Crippen LogP) is 4.35. The first-order valence-electron chi connectivity index (χ1n) is 10.2. The number of benzene rings is 2. The Labute approximate surface area is 172 Å². The molecule has 150 valence electrons. The summed E-state index contributed by atoms with van der Waals surface area (Å²) in [7, 11) is 0. The molecule has 5 nitrogen and oxygen atoms in total. The average Bonchev–Trinajstić information content (AvgIpc) is 2.78. The van der Waals surface area contributed by atoms with E-state index in [1.54, 1.807) is 24.3 Å². The molecule has 0 saturated heterocycles. The van der Waals surface area contributed by atoms with Gasteiger partial charge in [-0.05, 0) is 62.4 Å². The Balaban J connectivity index is 1.51. The van der Waals surface area contributed by atoms with E-state index in [1.807, 2.05) is 42.2 Å². The lowest BCUT2D eigenvalue weighted by Gasteiger charge is -2.31. The van der Waals surface area contributed by atoms with Crippen LogP contribution in [0, 0.1) is 23.2 Å². The zero-order chi connectivity index (χ0) is 20.6. The first-order valence-corrected chi connectivity index (χ1v) is 10.2. The summed E-state index contributed by atoms with van der Waals surface area (Å²) in [5.74, 6) is 0.121. The molecule has 0 heterocycles. The van der Waals surface area contributed by atoms with Crippen LogP contribution in [0.4, 0.5) is 5.69 Å². The van der Waals surface area contributed by atoms with Crippen molar-refractivity contribution in [1.82, 2.24) is 4.90 Å². The molecule has 5 heteroatoms. The molecule has 1 aliphatic rings. The van der Waals surface area contributed by atoms with Gasteiger partial charge in [0.1, 0.15) is 0 Å².